The lowest BCUT2D eigenvalue weighted by Gasteiger charge is -2.21. The van der Waals surface area contributed by atoms with Crippen LogP contribution in [-0.2, 0) is 10.0 Å². The van der Waals surface area contributed by atoms with Gasteiger partial charge in [-0.05, 0) is 36.4 Å². The molecule has 0 saturated heterocycles. The number of anilines is 1. The largest absolute Gasteiger partial charge is 0.495 e. The van der Waals surface area contributed by atoms with Crippen molar-refractivity contribution in [2.45, 2.75) is 4.90 Å². The average molecular weight is 381 g/mol. The Labute approximate surface area is 144 Å². The first-order valence-electron chi connectivity index (χ1n) is 6.05. The first-order valence-corrected chi connectivity index (χ1v) is 8.63. The Morgan fingerprint density at radius 2 is 1.55 bits per heavy atom. The van der Waals surface area contributed by atoms with Gasteiger partial charge in [-0.1, -0.05) is 34.8 Å². The molecule has 4 nitrogen and oxygen atoms in total. The molecule has 22 heavy (non-hydrogen) atoms. The molecule has 0 aliphatic carbocycles. The van der Waals surface area contributed by atoms with E-state index in [0.29, 0.717) is 16.5 Å². The quantitative estimate of drug-likeness (QED) is 0.785. The van der Waals surface area contributed by atoms with Crippen molar-refractivity contribution >= 4 is 50.5 Å². The number of hydrogen-bond acceptors (Lipinski definition) is 3. The second kappa shape index (κ2) is 6.54. The molecule has 0 amide bonds. The highest BCUT2D eigenvalue weighted by atomic mass is 35.5. The van der Waals surface area contributed by atoms with Crippen LogP contribution in [0.15, 0.2) is 41.3 Å². The third-order valence-corrected chi connectivity index (χ3v) is 6.12. The summed E-state index contributed by atoms with van der Waals surface area (Å²) in [6, 6.07) is 9.21. The summed E-state index contributed by atoms with van der Waals surface area (Å²) in [6.45, 7) is 0. The molecule has 8 heteroatoms. The van der Waals surface area contributed by atoms with E-state index in [2.05, 4.69) is 0 Å². The number of nitrogens with zero attached hydrogens (tertiary/aromatic N) is 1. The Balaban J connectivity index is 2.51. The van der Waals surface area contributed by atoms with Crippen LogP contribution in [0.5, 0.6) is 5.75 Å². The predicted octanol–water partition coefficient (Wildman–Crippen LogP) is 4.48. The van der Waals surface area contributed by atoms with Crippen LogP contribution in [0.3, 0.4) is 0 Å². The number of rotatable bonds is 4. The molecule has 118 valence electrons. The summed E-state index contributed by atoms with van der Waals surface area (Å²) in [7, 11) is -1.02. The first kappa shape index (κ1) is 17.2. The fourth-order valence-electron chi connectivity index (χ4n) is 1.81. The number of sulfonamides is 1. The zero-order valence-corrected chi connectivity index (χ0v) is 14.8. The van der Waals surface area contributed by atoms with Gasteiger partial charge >= 0.3 is 0 Å². The minimum atomic E-state index is -3.86. The minimum Gasteiger partial charge on any atom is -0.495 e. The van der Waals surface area contributed by atoms with E-state index in [9.17, 15) is 8.42 Å². The standard InChI is InChI=1S/C14H12Cl3NO3S/c1-18(10-5-3-9(15)4-6-10)22(19,20)12-8-7-11(21-2)13(16)14(12)17/h3-8H,1-2H3. The molecule has 0 saturated carbocycles. The van der Waals surface area contributed by atoms with Gasteiger partial charge in [-0.2, -0.15) is 0 Å². The summed E-state index contributed by atoms with van der Waals surface area (Å²) in [5.74, 6) is 0.305. The number of benzene rings is 2. The summed E-state index contributed by atoms with van der Waals surface area (Å²) in [4.78, 5) is -0.0996. The predicted molar refractivity (Wildman–Crippen MR) is 90.1 cm³/mol. The fourth-order valence-corrected chi connectivity index (χ4v) is 3.94. The van der Waals surface area contributed by atoms with Gasteiger partial charge in [0, 0.05) is 12.1 Å². The van der Waals surface area contributed by atoms with Crippen LogP contribution in [0.25, 0.3) is 0 Å². The van der Waals surface area contributed by atoms with Gasteiger partial charge in [-0.25, -0.2) is 8.42 Å². The van der Waals surface area contributed by atoms with Gasteiger partial charge in [0.15, 0.2) is 0 Å². The molecule has 0 aliphatic rings. The zero-order valence-electron chi connectivity index (χ0n) is 11.7. The van der Waals surface area contributed by atoms with Gasteiger partial charge in [-0.3, -0.25) is 4.31 Å². The molecule has 0 unspecified atom stereocenters. The van der Waals surface area contributed by atoms with Crippen LogP contribution >= 0.6 is 34.8 Å². The van der Waals surface area contributed by atoms with Gasteiger partial charge in [0.25, 0.3) is 10.0 Å². The highest BCUT2D eigenvalue weighted by Gasteiger charge is 2.26. The van der Waals surface area contributed by atoms with E-state index in [1.54, 1.807) is 24.3 Å². The topological polar surface area (TPSA) is 46.6 Å². The van der Waals surface area contributed by atoms with Crippen LogP contribution in [0.2, 0.25) is 15.1 Å². The molecule has 2 aromatic rings. The summed E-state index contributed by atoms with van der Waals surface area (Å²) in [5, 5.41) is 0.483. The molecule has 2 aromatic carbocycles. The van der Waals surface area contributed by atoms with Gasteiger partial charge < -0.3 is 4.74 Å². The molecule has 0 atom stereocenters. The van der Waals surface area contributed by atoms with E-state index < -0.39 is 10.0 Å². The van der Waals surface area contributed by atoms with Crippen LogP contribution < -0.4 is 9.04 Å². The second-order valence-corrected chi connectivity index (χ2v) is 7.47. The monoisotopic (exact) mass is 379 g/mol. The van der Waals surface area contributed by atoms with Gasteiger partial charge in [0.2, 0.25) is 0 Å². The molecule has 0 spiro atoms. The molecule has 0 N–H and O–H groups in total. The molecule has 0 radical (unpaired) electrons. The van der Waals surface area contributed by atoms with Gasteiger partial charge in [0.05, 0.1) is 17.8 Å². The second-order valence-electron chi connectivity index (χ2n) is 4.34. The van der Waals surface area contributed by atoms with Crippen molar-refractivity contribution in [3.8, 4) is 5.75 Å². The van der Waals surface area contributed by atoms with Crippen molar-refractivity contribution in [1.82, 2.24) is 0 Å². The van der Waals surface area contributed by atoms with Crippen molar-refractivity contribution in [3.05, 3.63) is 51.5 Å². The van der Waals surface area contributed by atoms with Crippen molar-refractivity contribution in [3.63, 3.8) is 0 Å². The number of hydrogen-bond donors (Lipinski definition) is 0. The lowest BCUT2D eigenvalue weighted by molar-refractivity contribution is 0.414. The number of ether oxygens (including phenoxy) is 1. The van der Waals surface area contributed by atoms with E-state index >= 15 is 0 Å². The Kier molecular flexibility index (Phi) is 5.12. The molecule has 0 heterocycles. The van der Waals surface area contributed by atoms with Crippen molar-refractivity contribution in [2.24, 2.45) is 0 Å². The highest BCUT2D eigenvalue weighted by molar-refractivity contribution is 7.93. The maximum Gasteiger partial charge on any atom is 0.265 e. The van der Waals surface area contributed by atoms with Gasteiger partial charge in [0.1, 0.15) is 15.7 Å². The Morgan fingerprint density at radius 1 is 0.955 bits per heavy atom. The molecule has 0 aliphatic heterocycles. The first-order chi connectivity index (χ1) is 10.3. The van der Waals surface area contributed by atoms with E-state index in [1.807, 2.05) is 0 Å². The summed E-state index contributed by atoms with van der Waals surface area (Å²) in [5.41, 5.74) is 0.451. The minimum absolute atomic E-state index is 0.0507. The smallest absolute Gasteiger partial charge is 0.265 e. The SMILES string of the molecule is COc1ccc(S(=O)(=O)N(C)c2ccc(Cl)cc2)c(Cl)c1Cl. The fraction of sp³-hybridized carbons (Fsp3) is 0.143. The maximum atomic E-state index is 12.7. The molecule has 0 bridgehead atoms. The van der Waals surface area contributed by atoms with Crippen molar-refractivity contribution < 1.29 is 13.2 Å². The summed E-state index contributed by atoms with van der Waals surface area (Å²) < 4.78 is 31.5. The normalized spacial score (nSPS) is 11.3. The third-order valence-electron chi connectivity index (χ3n) is 3.06. The van der Waals surface area contributed by atoms with E-state index in [-0.39, 0.29) is 14.9 Å². The van der Waals surface area contributed by atoms with Gasteiger partial charge in [-0.15, -0.1) is 0 Å². The molecule has 0 aromatic heterocycles. The van der Waals surface area contributed by atoms with Crippen LogP contribution in [-0.4, -0.2) is 22.6 Å². The van der Waals surface area contributed by atoms with E-state index in [0.717, 1.165) is 4.31 Å². The van der Waals surface area contributed by atoms with Crippen LogP contribution in [0.1, 0.15) is 0 Å². The zero-order chi connectivity index (χ0) is 16.5. The number of methoxy groups -OCH3 is 1. The molecule has 0 fully saturated rings. The van der Waals surface area contributed by atoms with E-state index in [1.165, 1.54) is 26.3 Å². The highest BCUT2D eigenvalue weighted by Crippen LogP contribution is 2.38. The Bertz CT molecular complexity index is 792. The Morgan fingerprint density at radius 3 is 2.09 bits per heavy atom. The Hall–Kier alpha value is -1.14. The lowest BCUT2D eigenvalue weighted by atomic mass is 10.3. The van der Waals surface area contributed by atoms with Crippen molar-refractivity contribution in [2.75, 3.05) is 18.5 Å². The summed E-state index contributed by atoms with van der Waals surface area (Å²) >= 11 is 17.9. The van der Waals surface area contributed by atoms with Crippen LogP contribution in [0, 0.1) is 0 Å². The van der Waals surface area contributed by atoms with Crippen LogP contribution in [0.4, 0.5) is 5.69 Å². The molecular formula is C14H12Cl3NO3S. The lowest BCUT2D eigenvalue weighted by Crippen LogP contribution is -2.26. The molecular weight excluding hydrogens is 369 g/mol. The maximum absolute atomic E-state index is 12.7. The number of halogens is 3. The van der Waals surface area contributed by atoms with Crippen molar-refractivity contribution in [1.29, 1.82) is 0 Å². The summed E-state index contributed by atoms with van der Waals surface area (Å²) in [6.07, 6.45) is 0. The average Bonchev–Trinajstić information content (AvgIpc) is 2.49. The molecule has 2 rings (SSSR count). The third kappa shape index (κ3) is 3.13. The van der Waals surface area contributed by atoms with E-state index in [4.69, 9.17) is 39.5 Å².